The first-order chi connectivity index (χ1) is 6.93. The van der Waals surface area contributed by atoms with E-state index in [2.05, 4.69) is 32.9 Å². The van der Waals surface area contributed by atoms with Crippen molar-refractivity contribution in [2.45, 2.75) is 46.5 Å². The molecule has 0 N–H and O–H groups in total. The number of hydrogen-bond acceptors (Lipinski definition) is 1. The van der Waals surface area contributed by atoms with E-state index in [9.17, 15) is 4.79 Å². The zero-order valence-electron chi connectivity index (χ0n) is 9.97. The lowest BCUT2D eigenvalue weighted by molar-refractivity contribution is -0.123. The molecule has 3 aliphatic carbocycles. The number of carbonyl (C=O) groups is 1. The van der Waals surface area contributed by atoms with E-state index in [0.29, 0.717) is 11.2 Å². The molecule has 0 amide bonds. The normalized spacial score (nSPS) is 50.9. The Labute approximate surface area is 91.9 Å². The summed E-state index contributed by atoms with van der Waals surface area (Å²) in [6, 6.07) is 0. The molecule has 0 heterocycles. The first kappa shape index (κ1) is 9.62. The number of carbonyl (C=O) groups excluding carboxylic acids is 1. The summed E-state index contributed by atoms with van der Waals surface area (Å²) < 4.78 is 0. The quantitative estimate of drug-likeness (QED) is 0.553. The van der Waals surface area contributed by atoms with Crippen molar-refractivity contribution < 1.29 is 4.79 Å². The average molecular weight is 204 g/mol. The smallest absolute Gasteiger partial charge is 0.141 e. The Morgan fingerprint density at radius 2 is 2.00 bits per heavy atom. The van der Waals surface area contributed by atoms with Gasteiger partial charge in [0.25, 0.3) is 0 Å². The Bertz CT molecular complexity index is 366. The third kappa shape index (κ3) is 0.811. The van der Waals surface area contributed by atoms with Crippen molar-refractivity contribution in [2.24, 2.45) is 22.2 Å². The molecule has 3 aliphatic rings. The zero-order chi connectivity index (χ0) is 10.9. The van der Waals surface area contributed by atoms with Crippen LogP contribution in [0.1, 0.15) is 46.5 Å². The Morgan fingerprint density at radius 1 is 1.27 bits per heavy atom. The van der Waals surface area contributed by atoms with Crippen LogP contribution in [0.3, 0.4) is 0 Å². The second kappa shape index (κ2) is 2.39. The summed E-state index contributed by atoms with van der Waals surface area (Å²) in [5.41, 5.74) is 0.770. The second-order valence-corrected chi connectivity index (χ2v) is 6.65. The van der Waals surface area contributed by atoms with E-state index >= 15 is 0 Å². The number of ketones is 1. The van der Waals surface area contributed by atoms with Crippen LogP contribution in [-0.4, -0.2) is 5.78 Å². The molecule has 2 fully saturated rings. The number of allylic oxidation sites excluding steroid dienone is 2. The summed E-state index contributed by atoms with van der Waals surface area (Å²) >= 11 is 0. The SMILES string of the molecule is CC1(C)CCC[C@@]2(C)CC(=O)[C@@H]3C=C[C@]312. The Balaban J connectivity index is 2.18. The van der Waals surface area contributed by atoms with Gasteiger partial charge in [-0.25, -0.2) is 0 Å². The summed E-state index contributed by atoms with van der Waals surface area (Å²) in [4.78, 5) is 12.0. The molecule has 0 aliphatic heterocycles. The fraction of sp³-hybridized carbons (Fsp3) is 0.786. The maximum absolute atomic E-state index is 12.0. The van der Waals surface area contributed by atoms with Crippen LogP contribution in [0, 0.1) is 22.2 Å². The highest BCUT2D eigenvalue weighted by Gasteiger charge is 2.69. The van der Waals surface area contributed by atoms with E-state index in [1.807, 2.05) is 0 Å². The monoisotopic (exact) mass is 204 g/mol. The van der Waals surface area contributed by atoms with Gasteiger partial charge in [-0.15, -0.1) is 0 Å². The first-order valence-electron chi connectivity index (χ1n) is 6.15. The van der Waals surface area contributed by atoms with Crippen molar-refractivity contribution in [1.82, 2.24) is 0 Å². The molecular formula is C14H20O. The Kier molecular flexibility index (Phi) is 1.53. The maximum atomic E-state index is 12.0. The van der Waals surface area contributed by atoms with E-state index in [-0.39, 0.29) is 16.7 Å². The van der Waals surface area contributed by atoms with Crippen molar-refractivity contribution >= 4 is 5.78 Å². The van der Waals surface area contributed by atoms with Gasteiger partial charge in [-0.3, -0.25) is 4.79 Å². The van der Waals surface area contributed by atoms with Gasteiger partial charge in [0.15, 0.2) is 0 Å². The van der Waals surface area contributed by atoms with Gasteiger partial charge in [0.05, 0.1) is 0 Å². The van der Waals surface area contributed by atoms with Gasteiger partial charge in [0.1, 0.15) is 5.78 Å². The number of Topliss-reactive ketones (excluding diaryl/α,β-unsaturated/α-hetero) is 1. The van der Waals surface area contributed by atoms with Crippen LogP contribution in [0.4, 0.5) is 0 Å². The van der Waals surface area contributed by atoms with Crippen molar-refractivity contribution in [3.8, 4) is 0 Å². The van der Waals surface area contributed by atoms with Gasteiger partial charge in [0, 0.05) is 17.8 Å². The van der Waals surface area contributed by atoms with Gasteiger partial charge in [-0.05, 0) is 23.7 Å². The molecule has 1 nitrogen and oxygen atoms in total. The molecular weight excluding hydrogens is 184 g/mol. The van der Waals surface area contributed by atoms with E-state index in [1.54, 1.807) is 0 Å². The molecule has 1 heteroatoms. The van der Waals surface area contributed by atoms with Crippen LogP contribution in [0.25, 0.3) is 0 Å². The molecule has 0 unspecified atom stereocenters. The summed E-state index contributed by atoms with van der Waals surface area (Å²) in [5, 5.41) is 0. The van der Waals surface area contributed by atoms with Crippen LogP contribution in [-0.2, 0) is 4.79 Å². The summed E-state index contributed by atoms with van der Waals surface area (Å²) in [6.45, 7) is 7.06. The fourth-order valence-electron chi connectivity index (χ4n) is 4.85. The number of hydrogen-bond donors (Lipinski definition) is 0. The minimum absolute atomic E-state index is 0.204. The highest BCUT2D eigenvalue weighted by molar-refractivity contribution is 5.90. The van der Waals surface area contributed by atoms with Gasteiger partial charge in [0.2, 0.25) is 0 Å². The fourth-order valence-corrected chi connectivity index (χ4v) is 4.85. The summed E-state index contributed by atoms with van der Waals surface area (Å²) in [5.74, 6) is 0.743. The highest BCUT2D eigenvalue weighted by atomic mass is 16.1. The average Bonchev–Trinajstić information content (AvgIpc) is 2.12. The minimum Gasteiger partial charge on any atom is -0.299 e. The van der Waals surface area contributed by atoms with Gasteiger partial charge in [-0.1, -0.05) is 39.3 Å². The van der Waals surface area contributed by atoms with Crippen LogP contribution < -0.4 is 0 Å². The third-order valence-electron chi connectivity index (χ3n) is 5.60. The molecule has 1 spiro atoms. The van der Waals surface area contributed by atoms with E-state index in [0.717, 1.165) is 6.42 Å². The molecule has 3 atom stereocenters. The zero-order valence-corrected chi connectivity index (χ0v) is 9.97. The summed E-state index contributed by atoms with van der Waals surface area (Å²) in [7, 11) is 0. The molecule has 15 heavy (non-hydrogen) atoms. The van der Waals surface area contributed by atoms with E-state index in [1.165, 1.54) is 19.3 Å². The lowest BCUT2D eigenvalue weighted by atomic mass is 9.42. The summed E-state index contributed by atoms with van der Waals surface area (Å²) in [6.07, 6.45) is 9.13. The topological polar surface area (TPSA) is 17.1 Å². The van der Waals surface area contributed by atoms with Crippen LogP contribution in [0.5, 0.6) is 0 Å². The predicted octanol–water partition coefficient (Wildman–Crippen LogP) is 3.35. The molecule has 0 bridgehead atoms. The third-order valence-corrected chi connectivity index (χ3v) is 5.60. The first-order valence-corrected chi connectivity index (χ1v) is 6.15. The lowest BCUT2D eigenvalue weighted by Crippen LogP contribution is -2.55. The van der Waals surface area contributed by atoms with E-state index in [4.69, 9.17) is 0 Å². The highest BCUT2D eigenvalue weighted by Crippen LogP contribution is 2.73. The maximum Gasteiger partial charge on any atom is 0.141 e. The number of rotatable bonds is 0. The van der Waals surface area contributed by atoms with Crippen molar-refractivity contribution in [2.75, 3.05) is 0 Å². The van der Waals surface area contributed by atoms with Crippen molar-refractivity contribution in [3.05, 3.63) is 12.2 Å². The van der Waals surface area contributed by atoms with Crippen molar-refractivity contribution in [1.29, 1.82) is 0 Å². The molecule has 0 aromatic rings. The van der Waals surface area contributed by atoms with Gasteiger partial charge < -0.3 is 0 Å². The molecule has 82 valence electrons. The minimum atomic E-state index is 0.204. The predicted molar refractivity (Wildman–Crippen MR) is 60.4 cm³/mol. The standard InChI is InChI=1S/C14H20O/c1-12(2)6-4-7-13(3)9-11(15)10-5-8-14(10,12)13/h5,8,10H,4,6-7,9H2,1-3H3/t10-,13-,14-/m0/s1. The largest absolute Gasteiger partial charge is 0.299 e. The van der Waals surface area contributed by atoms with Crippen LogP contribution in [0.2, 0.25) is 0 Å². The Morgan fingerprint density at radius 3 is 2.53 bits per heavy atom. The van der Waals surface area contributed by atoms with Crippen LogP contribution in [0.15, 0.2) is 12.2 Å². The molecule has 0 saturated heterocycles. The Hall–Kier alpha value is -0.590. The lowest BCUT2D eigenvalue weighted by Gasteiger charge is -2.61. The molecule has 0 aromatic heterocycles. The molecule has 0 radical (unpaired) electrons. The molecule has 0 aromatic carbocycles. The second-order valence-electron chi connectivity index (χ2n) is 6.65. The van der Waals surface area contributed by atoms with Gasteiger partial charge >= 0.3 is 0 Å². The molecule has 3 rings (SSSR count). The molecule has 2 saturated carbocycles. The van der Waals surface area contributed by atoms with Crippen LogP contribution >= 0.6 is 0 Å². The van der Waals surface area contributed by atoms with Gasteiger partial charge in [-0.2, -0.15) is 0 Å². The van der Waals surface area contributed by atoms with Crippen molar-refractivity contribution in [3.63, 3.8) is 0 Å². The van der Waals surface area contributed by atoms with E-state index < -0.39 is 0 Å².